The molecule has 10 heteroatoms. The summed E-state index contributed by atoms with van der Waals surface area (Å²) in [4.78, 5) is 55.2. The first-order chi connectivity index (χ1) is 14.3. The molecule has 1 aliphatic rings. The van der Waals surface area contributed by atoms with Crippen molar-refractivity contribution in [2.24, 2.45) is 0 Å². The third kappa shape index (κ3) is 4.63. The number of amides is 1. The Labute approximate surface area is 178 Å². The van der Waals surface area contributed by atoms with Gasteiger partial charge >= 0.3 is 5.69 Å². The van der Waals surface area contributed by atoms with Gasteiger partial charge in [0.15, 0.2) is 5.78 Å². The minimum Gasteiger partial charge on any atom is -0.384 e. The molecule has 160 valence electrons. The lowest BCUT2D eigenvalue weighted by Gasteiger charge is -2.34. The molecule has 0 aliphatic carbocycles. The number of ketones is 1. The van der Waals surface area contributed by atoms with E-state index >= 15 is 0 Å². The van der Waals surface area contributed by atoms with Crippen molar-refractivity contribution in [3.63, 3.8) is 0 Å². The van der Waals surface area contributed by atoms with Crippen LogP contribution in [0, 0.1) is 0 Å². The van der Waals surface area contributed by atoms with Gasteiger partial charge in [-0.25, -0.2) is 4.79 Å². The van der Waals surface area contributed by atoms with Gasteiger partial charge in [0.1, 0.15) is 11.4 Å². The van der Waals surface area contributed by atoms with E-state index in [0.717, 1.165) is 0 Å². The molecule has 2 heterocycles. The van der Waals surface area contributed by atoms with Crippen LogP contribution in [0.25, 0.3) is 0 Å². The molecule has 1 aromatic carbocycles. The summed E-state index contributed by atoms with van der Waals surface area (Å²) in [7, 11) is 0. The first-order valence-electron chi connectivity index (χ1n) is 9.74. The third-order valence-corrected chi connectivity index (χ3v) is 5.30. The zero-order valence-corrected chi connectivity index (χ0v) is 17.4. The molecule has 1 saturated heterocycles. The molecule has 0 radical (unpaired) electrons. The van der Waals surface area contributed by atoms with Crippen LogP contribution in [0.2, 0.25) is 5.02 Å². The summed E-state index contributed by atoms with van der Waals surface area (Å²) in [6.45, 7) is 4.00. The van der Waals surface area contributed by atoms with E-state index in [0.29, 0.717) is 49.7 Å². The maximum atomic E-state index is 12.7. The Bertz CT molecular complexity index is 1070. The van der Waals surface area contributed by atoms with Crippen LogP contribution in [0.15, 0.2) is 33.9 Å². The number of H-pyrrole nitrogens is 1. The monoisotopic (exact) mass is 433 g/mol. The van der Waals surface area contributed by atoms with Gasteiger partial charge in [0.05, 0.1) is 6.54 Å². The number of Topliss-reactive ketones (excluding diaryl/α,β-unsaturated/α-hetero) is 1. The SMILES string of the molecule is CCCn1c(N)c(C(=O)CN2CCN(C(=O)c3cccc(Cl)c3)CC2)c(=O)[nH]c1=O. The number of aromatic nitrogens is 2. The van der Waals surface area contributed by atoms with E-state index in [1.165, 1.54) is 4.57 Å². The lowest BCUT2D eigenvalue weighted by molar-refractivity contribution is 0.0624. The van der Waals surface area contributed by atoms with Crippen LogP contribution in [-0.2, 0) is 6.54 Å². The summed E-state index contributed by atoms with van der Waals surface area (Å²) in [6.07, 6.45) is 0.631. The third-order valence-electron chi connectivity index (χ3n) is 5.06. The number of piperazine rings is 1. The van der Waals surface area contributed by atoms with Gasteiger partial charge in [-0.15, -0.1) is 0 Å². The minimum absolute atomic E-state index is 0.0171. The van der Waals surface area contributed by atoms with E-state index in [-0.39, 0.29) is 23.8 Å². The second kappa shape index (κ2) is 9.27. The zero-order valence-electron chi connectivity index (χ0n) is 16.7. The van der Waals surface area contributed by atoms with E-state index in [4.69, 9.17) is 17.3 Å². The summed E-state index contributed by atoms with van der Waals surface area (Å²) in [5.41, 5.74) is 4.88. The van der Waals surface area contributed by atoms with Crippen LogP contribution >= 0.6 is 11.6 Å². The standard InChI is InChI=1S/C20H24ClN5O4/c1-2-6-26-17(22)16(18(28)23-20(26)30)15(27)12-24-7-9-25(10-8-24)19(29)13-4-3-5-14(21)11-13/h3-5,11H,2,6-10,12,22H2,1H3,(H,23,28,30). The van der Waals surface area contributed by atoms with Crippen molar-refractivity contribution in [2.75, 3.05) is 38.5 Å². The summed E-state index contributed by atoms with van der Waals surface area (Å²) < 4.78 is 1.20. The number of hydrogen-bond donors (Lipinski definition) is 2. The highest BCUT2D eigenvalue weighted by atomic mass is 35.5. The Balaban J connectivity index is 1.66. The van der Waals surface area contributed by atoms with Gasteiger partial charge in [0.2, 0.25) is 0 Å². The maximum Gasteiger partial charge on any atom is 0.329 e. The normalized spacial score (nSPS) is 14.7. The number of anilines is 1. The molecule has 9 nitrogen and oxygen atoms in total. The largest absolute Gasteiger partial charge is 0.384 e. The van der Waals surface area contributed by atoms with Crippen LogP contribution in [0.3, 0.4) is 0 Å². The quantitative estimate of drug-likeness (QED) is 0.650. The number of halogens is 1. The summed E-state index contributed by atoms with van der Waals surface area (Å²) in [5, 5.41) is 0.498. The Kier molecular flexibility index (Phi) is 6.73. The number of carbonyl (C=O) groups excluding carboxylic acids is 2. The van der Waals surface area contributed by atoms with Crippen molar-refractivity contribution < 1.29 is 9.59 Å². The van der Waals surface area contributed by atoms with E-state index in [1.807, 2.05) is 11.8 Å². The lowest BCUT2D eigenvalue weighted by Crippen LogP contribution is -2.50. The first-order valence-corrected chi connectivity index (χ1v) is 10.1. The van der Waals surface area contributed by atoms with Crippen molar-refractivity contribution >= 4 is 29.1 Å². The Hall–Kier alpha value is -2.91. The molecule has 1 fully saturated rings. The molecule has 1 amide bonds. The number of rotatable bonds is 6. The number of aromatic amines is 1. The van der Waals surface area contributed by atoms with Gasteiger partial charge in [0.25, 0.3) is 11.5 Å². The zero-order chi connectivity index (χ0) is 21.8. The Morgan fingerprint density at radius 1 is 1.17 bits per heavy atom. The highest BCUT2D eigenvalue weighted by molar-refractivity contribution is 6.30. The molecule has 2 aromatic rings. The van der Waals surface area contributed by atoms with Crippen molar-refractivity contribution in [1.29, 1.82) is 0 Å². The first kappa shape index (κ1) is 21.8. The predicted octanol–water partition coefficient (Wildman–Crippen LogP) is 0.823. The summed E-state index contributed by atoms with van der Waals surface area (Å²) in [6, 6.07) is 6.77. The molecular weight excluding hydrogens is 410 g/mol. The summed E-state index contributed by atoms with van der Waals surface area (Å²) in [5.74, 6) is -0.672. The minimum atomic E-state index is -0.773. The number of nitrogens with zero attached hydrogens (tertiary/aromatic N) is 3. The smallest absolute Gasteiger partial charge is 0.329 e. The maximum absolute atomic E-state index is 12.7. The van der Waals surface area contributed by atoms with Crippen molar-refractivity contribution in [3.05, 3.63) is 61.3 Å². The molecule has 0 unspecified atom stereocenters. The lowest BCUT2D eigenvalue weighted by atomic mass is 10.1. The van der Waals surface area contributed by atoms with Gasteiger partial charge in [-0.1, -0.05) is 24.6 Å². The molecule has 1 aromatic heterocycles. The number of carbonyl (C=O) groups is 2. The number of nitrogen functional groups attached to an aromatic ring is 1. The highest BCUT2D eigenvalue weighted by Crippen LogP contribution is 2.15. The molecule has 0 spiro atoms. The fourth-order valence-electron chi connectivity index (χ4n) is 3.50. The molecule has 0 atom stereocenters. The second-order valence-corrected chi connectivity index (χ2v) is 7.61. The molecule has 0 saturated carbocycles. The molecular formula is C20H24ClN5O4. The van der Waals surface area contributed by atoms with Crippen molar-refractivity contribution in [2.45, 2.75) is 19.9 Å². The molecule has 3 N–H and O–H groups in total. The Morgan fingerprint density at radius 2 is 1.87 bits per heavy atom. The topological polar surface area (TPSA) is 121 Å². The fourth-order valence-corrected chi connectivity index (χ4v) is 3.69. The van der Waals surface area contributed by atoms with Crippen LogP contribution in [0.4, 0.5) is 5.82 Å². The number of nitrogens with one attached hydrogen (secondary N) is 1. The van der Waals surface area contributed by atoms with Crippen LogP contribution in [-0.4, -0.2) is 63.8 Å². The molecule has 3 rings (SSSR count). The van der Waals surface area contributed by atoms with Crippen LogP contribution in [0.5, 0.6) is 0 Å². The van der Waals surface area contributed by atoms with Crippen LogP contribution in [0.1, 0.15) is 34.1 Å². The van der Waals surface area contributed by atoms with Gasteiger partial charge < -0.3 is 10.6 Å². The van der Waals surface area contributed by atoms with E-state index in [2.05, 4.69) is 4.98 Å². The van der Waals surface area contributed by atoms with Crippen LogP contribution < -0.4 is 17.0 Å². The average molecular weight is 434 g/mol. The second-order valence-electron chi connectivity index (χ2n) is 7.17. The number of hydrogen-bond acceptors (Lipinski definition) is 6. The van der Waals surface area contributed by atoms with E-state index < -0.39 is 17.0 Å². The van der Waals surface area contributed by atoms with Gasteiger partial charge in [-0.3, -0.25) is 28.8 Å². The summed E-state index contributed by atoms with van der Waals surface area (Å²) >= 11 is 5.96. The highest BCUT2D eigenvalue weighted by Gasteiger charge is 2.26. The number of nitrogens with two attached hydrogens (primary N) is 1. The van der Waals surface area contributed by atoms with E-state index in [1.54, 1.807) is 29.2 Å². The van der Waals surface area contributed by atoms with Gasteiger partial charge in [0, 0.05) is 43.3 Å². The molecule has 1 aliphatic heterocycles. The molecule has 30 heavy (non-hydrogen) atoms. The average Bonchev–Trinajstić information content (AvgIpc) is 2.71. The number of benzene rings is 1. The van der Waals surface area contributed by atoms with Crippen molar-refractivity contribution in [3.8, 4) is 0 Å². The van der Waals surface area contributed by atoms with Gasteiger partial charge in [-0.05, 0) is 24.6 Å². The molecule has 0 bridgehead atoms. The Morgan fingerprint density at radius 3 is 2.50 bits per heavy atom. The van der Waals surface area contributed by atoms with Crippen molar-refractivity contribution in [1.82, 2.24) is 19.4 Å². The fraction of sp³-hybridized carbons (Fsp3) is 0.400. The van der Waals surface area contributed by atoms with Gasteiger partial charge in [-0.2, -0.15) is 0 Å². The predicted molar refractivity (Wildman–Crippen MR) is 114 cm³/mol. The van der Waals surface area contributed by atoms with E-state index in [9.17, 15) is 19.2 Å².